The number of hydrazone groups is 1. The number of carbonyl (C=O) groups is 3. The summed E-state index contributed by atoms with van der Waals surface area (Å²) in [5.74, 6) is -3.89. The van der Waals surface area contributed by atoms with Crippen molar-refractivity contribution in [3.63, 3.8) is 0 Å². The molecule has 2 amide bonds. The molecule has 0 saturated carbocycles. The number of carbonyl (C=O) groups excluding carboxylic acids is 3. The average molecular weight is 340 g/mol. The maximum Gasteiger partial charge on any atom is 0.355 e. The van der Waals surface area contributed by atoms with Gasteiger partial charge in [0.15, 0.2) is 5.71 Å². The summed E-state index contributed by atoms with van der Waals surface area (Å²) in [6, 6.07) is 2.58. The molecule has 2 aliphatic rings. The van der Waals surface area contributed by atoms with E-state index in [2.05, 4.69) is 10.5 Å². The third-order valence-electron chi connectivity index (χ3n) is 3.57. The Labute approximate surface area is 135 Å². The van der Waals surface area contributed by atoms with Gasteiger partial charge in [0.2, 0.25) is 5.91 Å². The van der Waals surface area contributed by atoms with Crippen LogP contribution in [0.4, 0.5) is 10.1 Å². The lowest BCUT2D eigenvalue weighted by atomic mass is 9.99. The lowest BCUT2D eigenvalue weighted by molar-refractivity contribution is -0.136. The molecule has 0 unspecified atom stereocenters. The predicted octanol–water partition coefficient (Wildman–Crippen LogP) is 0.859. The van der Waals surface area contributed by atoms with E-state index in [1.807, 2.05) is 0 Å². The molecule has 23 heavy (non-hydrogen) atoms. The van der Waals surface area contributed by atoms with Crippen LogP contribution in [0.5, 0.6) is 0 Å². The highest BCUT2D eigenvalue weighted by Crippen LogP contribution is 2.32. The van der Waals surface area contributed by atoms with Gasteiger partial charge in [-0.1, -0.05) is 11.6 Å². The van der Waals surface area contributed by atoms with Gasteiger partial charge in [0.1, 0.15) is 17.8 Å². The van der Waals surface area contributed by atoms with Gasteiger partial charge in [0.25, 0.3) is 5.91 Å². The number of imide groups is 1. The van der Waals surface area contributed by atoms with E-state index in [0.717, 1.165) is 11.0 Å². The molecule has 2 aliphatic heterocycles. The zero-order valence-electron chi connectivity index (χ0n) is 11.9. The van der Waals surface area contributed by atoms with Crippen molar-refractivity contribution in [2.24, 2.45) is 11.0 Å². The van der Waals surface area contributed by atoms with Crippen molar-refractivity contribution in [2.75, 3.05) is 11.5 Å². The second-order valence-corrected chi connectivity index (χ2v) is 5.32. The normalized spacial score (nSPS) is 22.7. The molecule has 1 aromatic rings. The zero-order chi connectivity index (χ0) is 16.7. The Morgan fingerprint density at radius 1 is 1.43 bits per heavy atom. The van der Waals surface area contributed by atoms with Gasteiger partial charge >= 0.3 is 5.97 Å². The van der Waals surface area contributed by atoms with Gasteiger partial charge in [0.05, 0.1) is 17.3 Å². The molecule has 0 bridgehead atoms. The quantitative estimate of drug-likeness (QED) is 0.652. The highest BCUT2D eigenvalue weighted by Gasteiger charge is 2.55. The first-order valence-electron chi connectivity index (χ1n) is 6.78. The number of benzene rings is 1. The minimum atomic E-state index is -1.08. The molecule has 0 radical (unpaired) electrons. The number of nitrogens with zero attached hydrogens (tertiary/aromatic N) is 2. The average Bonchev–Trinajstić information content (AvgIpc) is 3.04. The van der Waals surface area contributed by atoms with E-state index in [9.17, 15) is 18.8 Å². The second kappa shape index (κ2) is 5.62. The number of rotatable bonds is 3. The summed E-state index contributed by atoms with van der Waals surface area (Å²) in [7, 11) is 0. The molecule has 3 rings (SSSR count). The molecule has 9 heteroatoms. The summed E-state index contributed by atoms with van der Waals surface area (Å²) in [6.07, 6.45) is 0. The number of ether oxygens (including phenoxy) is 1. The Kier molecular flexibility index (Phi) is 3.77. The summed E-state index contributed by atoms with van der Waals surface area (Å²) >= 11 is 5.60. The fraction of sp³-hybridized carbons (Fsp3) is 0.286. The molecule has 0 aromatic heterocycles. The Bertz CT molecular complexity index is 752. The number of amides is 2. The smallest absolute Gasteiger partial charge is 0.355 e. The van der Waals surface area contributed by atoms with Crippen molar-refractivity contribution in [3.05, 3.63) is 29.0 Å². The molecule has 120 valence electrons. The van der Waals surface area contributed by atoms with Crippen molar-refractivity contribution < 1.29 is 23.5 Å². The molecule has 2 heterocycles. The lowest BCUT2D eigenvalue weighted by Gasteiger charge is -2.16. The van der Waals surface area contributed by atoms with E-state index >= 15 is 0 Å². The number of fused-ring (bicyclic) bond motifs is 1. The maximum absolute atomic E-state index is 13.6. The fourth-order valence-corrected chi connectivity index (χ4v) is 2.66. The molecule has 0 spiro atoms. The van der Waals surface area contributed by atoms with Gasteiger partial charge in [-0.15, -0.1) is 0 Å². The van der Waals surface area contributed by atoms with E-state index < -0.39 is 35.6 Å². The Hall–Kier alpha value is -2.48. The van der Waals surface area contributed by atoms with Crippen LogP contribution in [0.2, 0.25) is 5.02 Å². The van der Waals surface area contributed by atoms with Crippen molar-refractivity contribution >= 4 is 40.8 Å². The van der Waals surface area contributed by atoms with E-state index in [1.54, 1.807) is 6.92 Å². The van der Waals surface area contributed by atoms with Crippen LogP contribution < -0.4 is 10.3 Å². The van der Waals surface area contributed by atoms with Gasteiger partial charge in [-0.3, -0.25) is 15.0 Å². The van der Waals surface area contributed by atoms with Gasteiger partial charge < -0.3 is 4.74 Å². The van der Waals surface area contributed by atoms with Crippen molar-refractivity contribution in [1.82, 2.24) is 5.43 Å². The van der Waals surface area contributed by atoms with Gasteiger partial charge in [-0.2, -0.15) is 5.10 Å². The third-order valence-corrected chi connectivity index (χ3v) is 3.88. The first-order chi connectivity index (χ1) is 11.0. The van der Waals surface area contributed by atoms with E-state index in [1.165, 1.54) is 12.1 Å². The molecule has 1 saturated heterocycles. The monoisotopic (exact) mass is 339 g/mol. The Morgan fingerprint density at radius 3 is 2.83 bits per heavy atom. The molecular weight excluding hydrogens is 329 g/mol. The Morgan fingerprint density at radius 2 is 2.17 bits per heavy atom. The summed E-state index contributed by atoms with van der Waals surface area (Å²) in [5, 5.41) is 3.60. The van der Waals surface area contributed by atoms with E-state index in [4.69, 9.17) is 16.3 Å². The summed E-state index contributed by atoms with van der Waals surface area (Å²) < 4.78 is 18.4. The van der Waals surface area contributed by atoms with Gasteiger partial charge in [-0.05, 0) is 25.1 Å². The van der Waals surface area contributed by atoms with Crippen molar-refractivity contribution in [2.45, 2.75) is 13.0 Å². The summed E-state index contributed by atoms with van der Waals surface area (Å²) in [4.78, 5) is 37.6. The maximum atomic E-state index is 13.6. The number of hydrogen-bond acceptors (Lipinski definition) is 6. The van der Waals surface area contributed by atoms with E-state index in [-0.39, 0.29) is 23.0 Å². The highest BCUT2D eigenvalue weighted by molar-refractivity contribution is 6.46. The third kappa shape index (κ3) is 2.35. The molecule has 1 N–H and O–H groups in total. The van der Waals surface area contributed by atoms with Gasteiger partial charge in [-0.25, -0.2) is 14.1 Å². The first kappa shape index (κ1) is 15.4. The lowest BCUT2D eigenvalue weighted by Crippen LogP contribution is -2.36. The summed E-state index contributed by atoms with van der Waals surface area (Å²) in [6.45, 7) is 1.73. The van der Waals surface area contributed by atoms with Crippen molar-refractivity contribution in [3.8, 4) is 0 Å². The molecule has 1 aromatic carbocycles. The van der Waals surface area contributed by atoms with Crippen LogP contribution in [0.15, 0.2) is 23.3 Å². The number of anilines is 1. The number of esters is 1. The Balaban J connectivity index is 1.93. The number of hydrogen-bond donors (Lipinski definition) is 1. The van der Waals surface area contributed by atoms with Crippen molar-refractivity contribution in [1.29, 1.82) is 0 Å². The van der Waals surface area contributed by atoms with Crippen LogP contribution in [-0.4, -0.2) is 36.1 Å². The summed E-state index contributed by atoms with van der Waals surface area (Å²) in [5.41, 5.74) is 2.35. The predicted molar refractivity (Wildman–Crippen MR) is 78.4 cm³/mol. The van der Waals surface area contributed by atoms with Crippen LogP contribution in [-0.2, 0) is 19.1 Å². The topological polar surface area (TPSA) is 88.1 Å². The van der Waals surface area contributed by atoms with E-state index in [0.29, 0.717) is 0 Å². The van der Waals surface area contributed by atoms with Crippen LogP contribution in [0.1, 0.15) is 6.92 Å². The zero-order valence-corrected chi connectivity index (χ0v) is 12.6. The minimum Gasteiger partial charge on any atom is -0.461 e. The minimum absolute atomic E-state index is 0.0429. The number of halogens is 2. The molecule has 0 aliphatic carbocycles. The molecule has 2 atom stereocenters. The van der Waals surface area contributed by atoms with Gasteiger partial charge in [0, 0.05) is 0 Å². The van der Waals surface area contributed by atoms with Crippen LogP contribution in [0, 0.1) is 11.7 Å². The van der Waals surface area contributed by atoms with Crippen LogP contribution in [0.3, 0.4) is 0 Å². The highest BCUT2D eigenvalue weighted by atomic mass is 35.5. The van der Waals surface area contributed by atoms with Crippen LogP contribution >= 0.6 is 11.6 Å². The first-order valence-corrected chi connectivity index (χ1v) is 7.16. The molecule has 7 nitrogen and oxygen atoms in total. The fourth-order valence-electron chi connectivity index (χ4n) is 2.54. The van der Waals surface area contributed by atoms with Crippen LogP contribution in [0.25, 0.3) is 0 Å². The molecule has 1 fully saturated rings. The second-order valence-electron chi connectivity index (χ2n) is 4.91. The SMILES string of the molecule is CCOC(=O)C1=NN[C@@H]2C(=O)N(c3ccc(Cl)c(F)c3)C(=O)[C@@H]12. The standard InChI is InChI=1S/C14H11ClFN3O4/c1-2-23-14(22)11-9-10(17-18-11)13(21)19(12(9)20)6-3-4-7(15)8(16)5-6/h3-5,9-10,17H,2H2,1H3/t9-,10+/m1/s1. The molecular formula is C14H11ClFN3O4. The largest absolute Gasteiger partial charge is 0.461 e. The number of nitrogens with one attached hydrogen (secondary N) is 1.